The lowest BCUT2D eigenvalue weighted by Crippen LogP contribution is -2.33. The Morgan fingerprint density at radius 1 is 1.14 bits per heavy atom. The maximum absolute atomic E-state index is 12.5. The summed E-state index contributed by atoms with van der Waals surface area (Å²) >= 11 is 0. The highest BCUT2D eigenvalue weighted by atomic mass is 16.6. The van der Waals surface area contributed by atoms with Gasteiger partial charge >= 0.3 is 0 Å². The van der Waals surface area contributed by atoms with Gasteiger partial charge in [0.25, 0.3) is 5.91 Å². The van der Waals surface area contributed by atoms with E-state index >= 15 is 0 Å². The van der Waals surface area contributed by atoms with Crippen LogP contribution in [0.25, 0.3) is 11.2 Å². The Morgan fingerprint density at radius 3 is 2.71 bits per heavy atom. The molecular weight excluding hydrogens is 456 g/mol. The number of ether oxygens (including phenoxy) is 2. The van der Waals surface area contributed by atoms with Crippen LogP contribution in [0.4, 0.5) is 5.82 Å². The summed E-state index contributed by atoms with van der Waals surface area (Å²) < 4.78 is 12.3. The van der Waals surface area contributed by atoms with Gasteiger partial charge in [0.15, 0.2) is 23.2 Å². The fraction of sp³-hybridized carbons (Fsp3) is 0.435. The van der Waals surface area contributed by atoms with Gasteiger partial charge in [0.1, 0.15) is 18.5 Å². The van der Waals surface area contributed by atoms with Crippen LogP contribution >= 0.6 is 0 Å². The predicted octanol–water partition coefficient (Wildman–Crippen LogP) is 0.631. The summed E-state index contributed by atoms with van der Waals surface area (Å²) in [6, 6.07) is 8.67. The molecule has 0 radical (unpaired) electrons. The molecule has 12 heteroatoms. The van der Waals surface area contributed by atoms with E-state index < -0.39 is 24.5 Å². The first-order valence-corrected chi connectivity index (χ1v) is 11.3. The van der Waals surface area contributed by atoms with Crippen molar-refractivity contribution < 1.29 is 29.3 Å². The third-order valence-corrected chi connectivity index (χ3v) is 5.74. The number of hydrogen-bond donors (Lipinski definition) is 4. The van der Waals surface area contributed by atoms with Crippen molar-refractivity contribution in [2.24, 2.45) is 0 Å². The van der Waals surface area contributed by atoms with E-state index in [1.165, 1.54) is 17.2 Å². The number of carbonyl (C=O) groups excluding carboxylic acids is 2. The molecule has 2 aromatic heterocycles. The summed E-state index contributed by atoms with van der Waals surface area (Å²) in [4.78, 5) is 37.2. The Labute approximate surface area is 201 Å². The Bertz CT molecular complexity index is 1160. The molecule has 2 amide bonds. The average Bonchev–Trinajstić information content (AvgIpc) is 3.42. The van der Waals surface area contributed by atoms with Gasteiger partial charge in [0, 0.05) is 32.2 Å². The molecular formula is C23H28N6O6. The third-order valence-electron chi connectivity index (χ3n) is 5.74. The van der Waals surface area contributed by atoms with E-state index in [2.05, 4.69) is 25.6 Å². The Hall–Kier alpha value is -3.45. The van der Waals surface area contributed by atoms with Gasteiger partial charge in [-0.05, 0) is 25.0 Å². The van der Waals surface area contributed by atoms with Gasteiger partial charge in [-0.25, -0.2) is 15.0 Å². The van der Waals surface area contributed by atoms with E-state index in [0.717, 1.165) is 0 Å². The molecule has 186 valence electrons. The van der Waals surface area contributed by atoms with Crippen LogP contribution in [0.3, 0.4) is 0 Å². The number of anilines is 1. The van der Waals surface area contributed by atoms with Crippen LogP contribution in [0.1, 0.15) is 35.8 Å². The third kappa shape index (κ3) is 5.62. The smallest absolute Gasteiger partial charge is 0.256 e. The Balaban J connectivity index is 1.43. The number of rotatable bonds is 10. The van der Waals surface area contributed by atoms with Gasteiger partial charge in [-0.3, -0.25) is 14.2 Å². The number of aromatic nitrogens is 4. The number of aliphatic hydroxyl groups is 2. The molecule has 3 heterocycles. The number of imidazole rings is 1. The zero-order chi connectivity index (χ0) is 24.8. The molecule has 0 unspecified atom stereocenters. The summed E-state index contributed by atoms with van der Waals surface area (Å²) in [6.45, 7) is 1.05. The summed E-state index contributed by atoms with van der Waals surface area (Å²) in [5.41, 5.74) is 1.08. The highest BCUT2D eigenvalue weighted by Crippen LogP contribution is 2.34. The van der Waals surface area contributed by atoms with E-state index in [-0.39, 0.29) is 30.5 Å². The maximum atomic E-state index is 12.5. The number of nitrogens with one attached hydrogen (secondary N) is 2. The number of aliphatic hydroxyl groups excluding tert-OH is 2. The highest BCUT2D eigenvalue weighted by Gasteiger charge is 2.44. The number of benzene rings is 1. The minimum atomic E-state index is -1.26. The van der Waals surface area contributed by atoms with E-state index in [1.807, 2.05) is 6.07 Å². The summed E-state index contributed by atoms with van der Waals surface area (Å²) in [5.74, 6) is -0.319. The number of carbonyl (C=O) groups is 2. The normalized spacial score (nSPS) is 21.8. The van der Waals surface area contributed by atoms with Crippen molar-refractivity contribution in [3.8, 4) is 0 Å². The number of nitrogens with zero attached hydrogens (tertiary/aromatic N) is 4. The largest absolute Gasteiger partial charge is 0.388 e. The summed E-state index contributed by atoms with van der Waals surface area (Å²) in [7, 11) is 1.60. The molecule has 1 aromatic carbocycles. The second kappa shape index (κ2) is 11.3. The molecule has 0 saturated carbocycles. The molecule has 0 aliphatic carbocycles. The van der Waals surface area contributed by atoms with Gasteiger partial charge < -0.3 is 30.3 Å². The zero-order valence-electron chi connectivity index (χ0n) is 19.2. The topological polar surface area (TPSA) is 161 Å². The lowest BCUT2D eigenvalue weighted by molar-refractivity contribution is -0.122. The first-order valence-electron chi connectivity index (χ1n) is 11.3. The second-order valence-corrected chi connectivity index (χ2v) is 8.15. The van der Waals surface area contributed by atoms with Gasteiger partial charge in [-0.2, -0.15) is 0 Å². The standard InChI is InChI=1S/C23H28N6O6/c1-34-11-5-10-24-16(30)9-8-15-18(31)19(32)23(35-15)29-13-27-17-20(25-12-26-21(17)29)28-22(33)14-6-3-2-4-7-14/h2-4,6-7,12-13,15,18-19,23,31-32H,5,8-11H2,1H3,(H,24,30)(H,25,26,28,33)/t15-,18-,19-,23-/m1/s1. The fourth-order valence-electron chi connectivity index (χ4n) is 3.90. The van der Waals surface area contributed by atoms with Crippen molar-refractivity contribution >= 4 is 28.8 Å². The quantitative estimate of drug-likeness (QED) is 0.303. The Morgan fingerprint density at radius 2 is 1.94 bits per heavy atom. The van der Waals surface area contributed by atoms with Crippen molar-refractivity contribution in [3.63, 3.8) is 0 Å². The second-order valence-electron chi connectivity index (χ2n) is 8.15. The van der Waals surface area contributed by atoms with Crippen LogP contribution in [0, 0.1) is 0 Å². The zero-order valence-corrected chi connectivity index (χ0v) is 19.2. The molecule has 4 N–H and O–H groups in total. The van der Waals surface area contributed by atoms with Gasteiger partial charge in [0.2, 0.25) is 5.91 Å². The molecule has 1 aliphatic rings. The molecule has 3 aromatic rings. The van der Waals surface area contributed by atoms with Gasteiger partial charge in [-0.15, -0.1) is 0 Å². The average molecular weight is 485 g/mol. The summed E-state index contributed by atoms with van der Waals surface area (Å²) in [6.07, 6.45) is -0.449. The number of fused-ring (bicyclic) bond motifs is 1. The molecule has 1 fully saturated rings. The predicted molar refractivity (Wildman–Crippen MR) is 124 cm³/mol. The van der Waals surface area contributed by atoms with Gasteiger partial charge in [-0.1, -0.05) is 18.2 Å². The van der Waals surface area contributed by atoms with Crippen molar-refractivity contribution in [1.29, 1.82) is 0 Å². The van der Waals surface area contributed by atoms with Gasteiger partial charge in [0.05, 0.1) is 12.4 Å². The van der Waals surface area contributed by atoms with Crippen LogP contribution in [-0.4, -0.2) is 80.1 Å². The molecule has 35 heavy (non-hydrogen) atoms. The first-order chi connectivity index (χ1) is 17.0. The summed E-state index contributed by atoms with van der Waals surface area (Å²) in [5, 5.41) is 26.6. The fourth-order valence-corrected chi connectivity index (χ4v) is 3.90. The number of methoxy groups -OCH3 is 1. The molecule has 0 bridgehead atoms. The molecule has 4 atom stereocenters. The van der Waals surface area contributed by atoms with E-state index in [1.54, 1.807) is 31.4 Å². The lowest BCUT2D eigenvalue weighted by Gasteiger charge is -2.16. The Kier molecular flexibility index (Phi) is 7.98. The highest BCUT2D eigenvalue weighted by molar-refractivity contribution is 6.06. The monoisotopic (exact) mass is 484 g/mol. The maximum Gasteiger partial charge on any atom is 0.256 e. The number of hydrogen-bond acceptors (Lipinski definition) is 9. The molecule has 1 saturated heterocycles. The van der Waals surface area contributed by atoms with Crippen LogP contribution in [0.5, 0.6) is 0 Å². The van der Waals surface area contributed by atoms with E-state index in [0.29, 0.717) is 36.3 Å². The minimum absolute atomic E-state index is 0.136. The minimum Gasteiger partial charge on any atom is -0.388 e. The van der Waals surface area contributed by atoms with Crippen LogP contribution in [0.15, 0.2) is 43.0 Å². The van der Waals surface area contributed by atoms with Crippen LogP contribution in [0.2, 0.25) is 0 Å². The molecule has 1 aliphatic heterocycles. The molecule has 12 nitrogen and oxygen atoms in total. The van der Waals surface area contributed by atoms with Crippen molar-refractivity contribution in [1.82, 2.24) is 24.8 Å². The molecule has 4 rings (SSSR count). The van der Waals surface area contributed by atoms with Crippen LogP contribution < -0.4 is 10.6 Å². The van der Waals surface area contributed by atoms with Crippen molar-refractivity contribution in [2.45, 2.75) is 43.8 Å². The SMILES string of the molecule is COCCCNC(=O)CC[C@H]1O[C@@H](n2cnc3c(NC(=O)c4ccccc4)ncnc32)[C@H](O)[C@@H]1O. The van der Waals surface area contributed by atoms with Crippen molar-refractivity contribution in [2.75, 3.05) is 25.6 Å². The van der Waals surface area contributed by atoms with Crippen molar-refractivity contribution in [3.05, 3.63) is 48.5 Å². The van der Waals surface area contributed by atoms with E-state index in [4.69, 9.17) is 9.47 Å². The number of amides is 2. The molecule has 0 spiro atoms. The lowest BCUT2D eigenvalue weighted by atomic mass is 10.1. The van der Waals surface area contributed by atoms with E-state index in [9.17, 15) is 19.8 Å². The van der Waals surface area contributed by atoms with Crippen LogP contribution in [-0.2, 0) is 14.3 Å². The first kappa shape index (κ1) is 24.7.